The minimum atomic E-state index is -4.80. The summed E-state index contributed by atoms with van der Waals surface area (Å²) in [6.07, 6.45) is -0.933. The van der Waals surface area contributed by atoms with Gasteiger partial charge in [0.2, 0.25) is 5.91 Å². The van der Waals surface area contributed by atoms with Crippen LogP contribution in [0.2, 0.25) is 0 Å². The minimum Gasteiger partial charge on any atom is -0.405 e. The molecule has 1 atom stereocenters. The molecule has 2 aromatic carbocycles. The first-order chi connectivity index (χ1) is 16.4. The van der Waals surface area contributed by atoms with Crippen LogP contribution in [0.5, 0.6) is 5.75 Å². The van der Waals surface area contributed by atoms with Gasteiger partial charge in [-0.25, -0.2) is 4.98 Å². The number of benzene rings is 2. The maximum absolute atomic E-state index is 12.6. The van der Waals surface area contributed by atoms with Crippen LogP contribution >= 0.6 is 11.8 Å². The van der Waals surface area contributed by atoms with Crippen molar-refractivity contribution >= 4 is 17.7 Å². The molecule has 34 heavy (non-hydrogen) atoms. The van der Waals surface area contributed by atoms with Crippen molar-refractivity contribution in [2.24, 2.45) is 0 Å². The Hall–Kier alpha value is -2.98. The van der Waals surface area contributed by atoms with E-state index in [1.807, 2.05) is 30.3 Å². The predicted octanol–water partition coefficient (Wildman–Crippen LogP) is 5.04. The molecule has 0 spiro atoms. The predicted molar refractivity (Wildman–Crippen MR) is 122 cm³/mol. The van der Waals surface area contributed by atoms with E-state index in [9.17, 15) is 18.0 Å². The Bertz CT molecular complexity index is 1100. The van der Waals surface area contributed by atoms with Crippen molar-refractivity contribution in [2.45, 2.75) is 43.6 Å². The number of carbonyl (C=O) groups is 1. The van der Waals surface area contributed by atoms with Crippen molar-refractivity contribution in [1.29, 1.82) is 0 Å². The highest BCUT2D eigenvalue weighted by atomic mass is 32.2. The van der Waals surface area contributed by atoms with Crippen molar-refractivity contribution in [3.63, 3.8) is 0 Å². The number of carbonyl (C=O) groups excluding carboxylic acids is 1. The number of imidazole rings is 1. The number of halogens is 3. The van der Waals surface area contributed by atoms with E-state index in [-0.39, 0.29) is 35.6 Å². The molecule has 0 saturated carbocycles. The molecule has 0 radical (unpaired) electrons. The van der Waals surface area contributed by atoms with E-state index in [0.717, 1.165) is 30.7 Å². The standard InChI is InChI=1S/C24H24F3N3O3S/c25-24(26,27)33-21-11-5-4-9-18(21)13-28-22(31)16-34-23-29-14-20(17-7-2-1-3-8-17)30(23)15-19-10-6-12-32-19/h1-5,7-9,11,14,19H,6,10,12-13,15-16H2,(H,28,31). The second-order valence-electron chi connectivity index (χ2n) is 7.76. The molecular weight excluding hydrogens is 467 g/mol. The lowest BCUT2D eigenvalue weighted by atomic mass is 10.1. The molecule has 3 aromatic rings. The molecule has 1 aliphatic rings. The van der Waals surface area contributed by atoms with Crippen molar-refractivity contribution in [3.8, 4) is 17.0 Å². The smallest absolute Gasteiger partial charge is 0.405 e. The third-order valence-corrected chi connectivity index (χ3v) is 6.30. The van der Waals surface area contributed by atoms with Gasteiger partial charge in [0.1, 0.15) is 5.75 Å². The van der Waals surface area contributed by atoms with Crippen LogP contribution in [0.1, 0.15) is 18.4 Å². The first-order valence-electron chi connectivity index (χ1n) is 10.8. The lowest BCUT2D eigenvalue weighted by Gasteiger charge is -2.16. The molecular formula is C24H24F3N3O3S. The summed E-state index contributed by atoms with van der Waals surface area (Å²) in [4.78, 5) is 17.0. The van der Waals surface area contributed by atoms with Gasteiger partial charge in [-0.05, 0) is 24.5 Å². The molecule has 4 rings (SSSR count). The van der Waals surface area contributed by atoms with Crippen molar-refractivity contribution in [2.75, 3.05) is 12.4 Å². The Morgan fingerprint density at radius 3 is 2.68 bits per heavy atom. The maximum Gasteiger partial charge on any atom is 0.573 e. The average molecular weight is 492 g/mol. The van der Waals surface area contributed by atoms with Crippen molar-refractivity contribution < 1.29 is 27.4 Å². The van der Waals surface area contributed by atoms with Gasteiger partial charge in [-0.3, -0.25) is 4.79 Å². The average Bonchev–Trinajstić information content (AvgIpc) is 3.47. The van der Waals surface area contributed by atoms with Crippen LogP contribution < -0.4 is 10.1 Å². The van der Waals surface area contributed by atoms with E-state index < -0.39 is 6.36 Å². The molecule has 0 bridgehead atoms. The van der Waals surface area contributed by atoms with Gasteiger partial charge in [-0.2, -0.15) is 0 Å². The maximum atomic E-state index is 12.6. The van der Waals surface area contributed by atoms with Gasteiger partial charge in [0.15, 0.2) is 5.16 Å². The second kappa shape index (κ2) is 11.0. The van der Waals surface area contributed by atoms with Gasteiger partial charge in [-0.1, -0.05) is 60.3 Å². The van der Waals surface area contributed by atoms with Crippen LogP contribution in [0.25, 0.3) is 11.3 Å². The fourth-order valence-electron chi connectivity index (χ4n) is 3.73. The molecule has 2 heterocycles. The monoisotopic (exact) mass is 491 g/mol. The largest absolute Gasteiger partial charge is 0.573 e. The highest BCUT2D eigenvalue weighted by molar-refractivity contribution is 7.99. The minimum absolute atomic E-state index is 0.0685. The van der Waals surface area contributed by atoms with Gasteiger partial charge in [0, 0.05) is 18.7 Å². The van der Waals surface area contributed by atoms with Crippen molar-refractivity contribution in [3.05, 3.63) is 66.4 Å². The number of rotatable bonds is 9. The summed E-state index contributed by atoms with van der Waals surface area (Å²) in [6.45, 7) is 1.30. The highest BCUT2D eigenvalue weighted by Crippen LogP contribution is 2.29. The van der Waals surface area contributed by atoms with Crippen LogP contribution in [-0.4, -0.2) is 40.3 Å². The molecule has 1 fully saturated rings. The zero-order valence-corrected chi connectivity index (χ0v) is 19.1. The number of hydrogen-bond acceptors (Lipinski definition) is 5. The van der Waals surface area contributed by atoms with Gasteiger partial charge in [0.25, 0.3) is 0 Å². The summed E-state index contributed by atoms with van der Waals surface area (Å²) in [6, 6.07) is 15.6. The Labute approximate surface area is 199 Å². The molecule has 1 unspecified atom stereocenters. The number of nitrogens with zero attached hydrogens (tertiary/aromatic N) is 2. The summed E-state index contributed by atoms with van der Waals surface area (Å²) in [5.41, 5.74) is 2.20. The summed E-state index contributed by atoms with van der Waals surface area (Å²) in [5, 5.41) is 3.34. The van der Waals surface area contributed by atoms with E-state index in [4.69, 9.17) is 4.74 Å². The molecule has 1 aliphatic heterocycles. The number of aromatic nitrogens is 2. The van der Waals surface area contributed by atoms with E-state index in [0.29, 0.717) is 11.7 Å². The molecule has 10 heteroatoms. The zero-order chi connectivity index (χ0) is 24.0. The van der Waals surface area contributed by atoms with Crippen LogP contribution in [0, 0.1) is 0 Å². The van der Waals surface area contributed by atoms with E-state index in [2.05, 4.69) is 19.6 Å². The van der Waals surface area contributed by atoms with Crippen LogP contribution in [0.15, 0.2) is 66.0 Å². The molecule has 1 saturated heterocycles. The van der Waals surface area contributed by atoms with Crippen LogP contribution in [0.4, 0.5) is 13.2 Å². The molecule has 1 amide bonds. The number of alkyl halides is 3. The van der Waals surface area contributed by atoms with Gasteiger partial charge < -0.3 is 19.4 Å². The number of amides is 1. The first-order valence-corrected chi connectivity index (χ1v) is 11.8. The topological polar surface area (TPSA) is 65.4 Å². The molecule has 0 aliphatic carbocycles. The lowest BCUT2D eigenvalue weighted by molar-refractivity contribution is -0.274. The quantitative estimate of drug-likeness (QED) is 0.425. The Balaban J connectivity index is 1.40. The van der Waals surface area contributed by atoms with Gasteiger partial charge in [-0.15, -0.1) is 13.2 Å². The van der Waals surface area contributed by atoms with E-state index >= 15 is 0 Å². The molecule has 1 aromatic heterocycles. The Kier molecular flexibility index (Phi) is 7.79. The van der Waals surface area contributed by atoms with Crippen LogP contribution in [-0.2, 0) is 22.6 Å². The number of thioether (sulfide) groups is 1. The lowest BCUT2D eigenvalue weighted by Crippen LogP contribution is -2.26. The molecule has 1 N–H and O–H groups in total. The summed E-state index contributed by atoms with van der Waals surface area (Å²) < 4.78 is 49.7. The molecule has 180 valence electrons. The first kappa shape index (κ1) is 24.2. The fraction of sp³-hybridized carbons (Fsp3) is 0.333. The number of ether oxygens (including phenoxy) is 2. The fourth-order valence-corrected chi connectivity index (χ4v) is 4.55. The van der Waals surface area contributed by atoms with Gasteiger partial charge >= 0.3 is 6.36 Å². The van der Waals surface area contributed by atoms with E-state index in [1.54, 1.807) is 12.3 Å². The SMILES string of the molecule is O=C(CSc1ncc(-c2ccccc2)n1CC1CCCO1)NCc1ccccc1OC(F)(F)F. The van der Waals surface area contributed by atoms with E-state index in [1.165, 1.54) is 30.0 Å². The number of para-hydroxylation sites is 1. The number of hydrogen-bond donors (Lipinski definition) is 1. The summed E-state index contributed by atoms with van der Waals surface area (Å²) >= 11 is 1.28. The normalized spacial score (nSPS) is 15.9. The second-order valence-corrected chi connectivity index (χ2v) is 8.70. The third kappa shape index (κ3) is 6.54. The zero-order valence-electron chi connectivity index (χ0n) is 18.3. The van der Waals surface area contributed by atoms with Crippen molar-refractivity contribution in [1.82, 2.24) is 14.9 Å². The van der Waals surface area contributed by atoms with Crippen LogP contribution in [0.3, 0.4) is 0 Å². The Morgan fingerprint density at radius 1 is 1.18 bits per heavy atom. The third-order valence-electron chi connectivity index (χ3n) is 5.31. The van der Waals surface area contributed by atoms with Gasteiger partial charge in [0.05, 0.1) is 30.3 Å². The highest BCUT2D eigenvalue weighted by Gasteiger charge is 2.32. The Morgan fingerprint density at radius 2 is 1.94 bits per heavy atom. The molecule has 6 nitrogen and oxygen atoms in total. The number of nitrogens with one attached hydrogen (secondary N) is 1. The summed E-state index contributed by atoms with van der Waals surface area (Å²) in [7, 11) is 0. The summed E-state index contributed by atoms with van der Waals surface area (Å²) in [5.74, 6) is -0.582.